The van der Waals surface area contributed by atoms with Crippen molar-refractivity contribution in [2.45, 2.75) is 45.4 Å². The molecule has 1 saturated carbocycles. The minimum Gasteiger partial charge on any atom is -0.338 e. The molecule has 2 heterocycles. The Labute approximate surface area is 187 Å². The number of piperazine rings is 1. The van der Waals surface area contributed by atoms with Crippen LogP contribution in [0.5, 0.6) is 0 Å². The summed E-state index contributed by atoms with van der Waals surface area (Å²) < 4.78 is 0. The lowest BCUT2D eigenvalue weighted by molar-refractivity contribution is -1.00. The highest BCUT2D eigenvalue weighted by Crippen LogP contribution is 2.35. The summed E-state index contributed by atoms with van der Waals surface area (Å²) in [6.45, 7) is 9.05. The molecule has 2 atom stereocenters. The van der Waals surface area contributed by atoms with E-state index >= 15 is 0 Å². The van der Waals surface area contributed by atoms with Gasteiger partial charge < -0.3 is 20.0 Å². The molecular weight excluding hydrogens is 388 g/mol. The zero-order chi connectivity index (χ0) is 21.6. The third-order valence-corrected chi connectivity index (χ3v) is 7.79. The first-order valence-electron chi connectivity index (χ1n) is 12.4. The van der Waals surface area contributed by atoms with Gasteiger partial charge in [-0.3, -0.25) is 9.59 Å². The van der Waals surface area contributed by atoms with Crippen molar-refractivity contribution < 1.29 is 19.4 Å². The number of para-hydroxylation sites is 1. The molecule has 31 heavy (non-hydrogen) atoms. The quantitative estimate of drug-likeness (QED) is 0.598. The van der Waals surface area contributed by atoms with E-state index in [1.54, 1.807) is 0 Å². The number of anilines is 1. The molecule has 6 nitrogen and oxygen atoms in total. The Kier molecular flexibility index (Phi) is 7.62. The second kappa shape index (κ2) is 10.6. The Morgan fingerprint density at radius 2 is 1.65 bits per heavy atom. The van der Waals surface area contributed by atoms with Gasteiger partial charge in [-0.05, 0) is 42.7 Å². The zero-order valence-electron chi connectivity index (χ0n) is 19.1. The molecule has 0 spiro atoms. The number of quaternary nitrogens is 2. The third kappa shape index (κ3) is 5.86. The number of nitrogens with one attached hydrogen (secondary N) is 3. The third-order valence-electron chi connectivity index (χ3n) is 7.79. The number of carbonyl (C=O) groups excluding carboxylic acids is 2. The molecule has 1 aromatic carbocycles. The van der Waals surface area contributed by atoms with Crippen molar-refractivity contribution >= 4 is 17.5 Å². The number of hydrogen-bond donors (Lipinski definition) is 3. The highest BCUT2D eigenvalue weighted by molar-refractivity contribution is 5.92. The Bertz CT molecular complexity index is 760. The molecule has 2 aliphatic heterocycles. The summed E-state index contributed by atoms with van der Waals surface area (Å²) in [6.07, 6.45) is 7.54. The summed E-state index contributed by atoms with van der Waals surface area (Å²) in [7, 11) is 0. The number of piperidine rings is 1. The monoisotopic (exact) mass is 428 g/mol. The van der Waals surface area contributed by atoms with E-state index in [2.05, 4.69) is 23.2 Å². The summed E-state index contributed by atoms with van der Waals surface area (Å²) in [5.74, 6) is 2.05. The first kappa shape index (κ1) is 22.3. The van der Waals surface area contributed by atoms with Gasteiger partial charge in [0.15, 0.2) is 13.1 Å². The molecule has 0 aromatic heterocycles. The van der Waals surface area contributed by atoms with Crippen molar-refractivity contribution in [2.75, 3.05) is 57.7 Å². The molecule has 3 fully saturated rings. The average Bonchev–Trinajstić information content (AvgIpc) is 2.80. The first-order valence-corrected chi connectivity index (χ1v) is 12.4. The van der Waals surface area contributed by atoms with Gasteiger partial charge in [0.2, 0.25) is 0 Å². The normalized spacial score (nSPS) is 28.6. The molecular formula is C25H40N4O2+2. The molecule has 4 rings (SSSR count). The van der Waals surface area contributed by atoms with E-state index in [0.29, 0.717) is 19.0 Å². The van der Waals surface area contributed by atoms with Crippen molar-refractivity contribution in [3.8, 4) is 0 Å². The predicted molar refractivity (Wildman–Crippen MR) is 122 cm³/mol. The van der Waals surface area contributed by atoms with Gasteiger partial charge in [-0.1, -0.05) is 44.4 Å². The smallest absolute Gasteiger partial charge is 0.279 e. The maximum absolute atomic E-state index is 12.9. The molecule has 1 aliphatic carbocycles. The van der Waals surface area contributed by atoms with Crippen molar-refractivity contribution in [3.05, 3.63) is 29.8 Å². The number of fused-ring (bicyclic) bond motifs is 1. The fraction of sp³-hybridized carbons (Fsp3) is 0.680. The van der Waals surface area contributed by atoms with Gasteiger partial charge in [0.1, 0.15) is 26.2 Å². The highest BCUT2D eigenvalue weighted by atomic mass is 16.2. The van der Waals surface area contributed by atoms with Crippen LogP contribution in [0.4, 0.5) is 5.69 Å². The number of rotatable bonds is 6. The predicted octanol–water partition coefficient (Wildman–Crippen LogP) is 0.00960. The lowest BCUT2D eigenvalue weighted by Crippen LogP contribution is -3.28. The second-order valence-corrected chi connectivity index (χ2v) is 9.85. The molecule has 3 aliphatic rings. The molecule has 1 aromatic rings. The van der Waals surface area contributed by atoms with E-state index in [-0.39, 0.29) is 5.91 Å². The van der Waals surface area contributed by atoms with Crippen LogP contribution in [0, 0.1) is 11.8 Å². The molecule has 0 radical (unpaired) electrons. The van der Waals surface area contributed by atoms with Crippen LogP contribution in [-0.4, -0.2) is 69.1 Å². The van der Waals surface area contributed by atoms with Crippen molar-refractivity contribution in [1.82, 2.24) is 4.90 Å². The van der Waals surface area contributed by atoms with E-state index in [9.17, 15) is 9.59 Å². The lowest BCUT2D eigenvalue weighted by Gasteiger charge is -2.41. The number of likely N-dealkylation sites (tertiary alicyclic amines) is 1. The van der Waals surface area contributed by atoms with Gasteiger partial charge in [0, 0.05) is 18.8 Å². The summed E-state index contributed by atoms with van der Waals surface area (Å²) in [5, 5.41) is 3.09. The van der Waals surface area contributed by atoms with Crippen LogP contribution in [0.15, 0.2) is 24.3 Å². The van der Waals surface area contributed by atoms with Gasteiger partial charge in [-0.25, -0.2) is 0 Å². The van der Waals surface area contributed by atoms with E-state index in [1.165, 1.54) is 47.5 Å². The van der Waals surface area contributed by atoms with E-state index in [0.717, 1.165) is 63.2 Å². The van der Waals surface area contributed by atoms with Crippen LogP contribution in [-0.2, 0) is 16.0 Å². The molecule has 0 bridgehead atoms. The largest absolute Gasteiger partial charge is 0.338 e. The van der Waals surface area contributed by atoms with E-state index in [4.69, 9.17) is 0 Å². The summed E-state index contributed by atoms with van der Waals surface area (Å²) >= 11 is 0. The number of carbonyl (C=O) groups is 2. The maximum atomic E-state index is 12.9. The second-order valence-electron chi connectivity index (χ2n) is 9.85. The number of nitrogens with zero attached hydrogens (tertiary/aromatic N) is 1. The van der Waals surface area contributed by atoms with Gasteiger partial charge in [0.25, 0.3) is 11.8 Å². The van der Waals surface area contributed by atoms with Gasteiger partial charge in [0.05, 0.1) is 0 Å². The number of aryl methyl sites for hydroxylation is 1. The fourth-order valence-electron chi connectivity index (χ4n) is 5.84. The molecule has 2 saturated heterocycles. The number of hydrogen-bond acceptors (Lipinski definition) is 2. The molecule has 2 amide bonds. The number of benzene rings is 1. The maximum Gasteiger partial charge on any atom is 0.279 e. The van der Waals surface area contributed by atoms with Gasteiger partial charge in [-0.2, -0.15) is 0 Å². The topological polar surface area (TPSA) is 58.3 Å². The molecule has 0 unspecified atom stereocenters. The van der Waals surface area contributed by atoms with Crippen LogP contribution in [0.1, 0.15) is 44.6 Å². The van der Waals surface area contributed by atoms with E-state index < -0.39 is 0 Å². The summed E-state index contributed by atoms with van der Waals surface area (Å²) in [4.78, 5) is 30.3. The Morgan fingerprint density at radius 3 is 2.39 bits per heavy atom. The fourth-order valence-corrected chi connectivity index (χ4v) is 5.84. The zero-order valence-corrected chi connectivity index (χ0v) is 19.1. The van der Waals surface area contributed by atoms with E-state index in [1.807, 2.05) is 18.2 Å². The van der Waals surface area contributed by atoms with Crippen molar-refractivity contribution in [3.63, 3.8) is 0 Å². The van der Waals surface area contributed by atoms with Gasteiger partial charge >= 0.3 is 0 Å². The minimum absolute atomic E-state index is 0.0887. The lowest BCUT2D eigenvalue weighted by atomic mass is 9.75. The Balaban J connectivity index is 1.18. The van der Waals surface area contributed by atoms with Crippen molar-refractivity contribution in [1.29, 1.82) is 0 Å². The van der Waals surface area contributed by atoms with Crippen molar-refractivity contribution in [2.24, 2.45) is 11.8 Å². The molecule has 3 N–H and O–H groups in total. The average molecular weight is 429 g/mol. The molecule has 6 heteroatoms. The number of amides is 2. The minimum atomic E-state index is 0.0887. The Morgan fingerprint density at radius 1 is 0.968 bits per heavy atom. The summed E-state index contributed by atoms with van der Waals surface area (Å²) in [6, 6.07) is 8.03. The van der Waals surface area contributed by atoms with Crippen LogP contribution < -0.4 is 15.1 Å². The SMILES string of the molecule is CCc1ccccc1NC(=O)C[NH+]1CC[NH+](CC(=O)N2CC[C@@H]3CCCC[C@@H]3C2)CC1. The van der Waals surface area contributed by atoms with Gasteiger partial charge in [-0.15, -0.1) is 0 Å². The standard InChI is InChI=1S/C25H38N4O2/c1-2-20-7-5-6-10-23(20)26-24(30)18-27-13-15-28(16-14-27)19-25(31)29-12-11-21-8-3-4-9-22(21)17-29/h5-7,10,21-22H,2-4,8-9,11-19H2,1H3,(H,26,30)/p+2/t21-,22+/m0/s1. The first-order chi connectivity index (χ1) is 15.1. The van der Waals surface area contributed by atoms with Crippen LogP contribution in [0.2, 0.25) is 0 Å². The molecule has 170 valence electrons. The van der Waals surface area contributed by atoms with Crippen LogP contribution >= 0.6 is 0 Å². The van der Waals surface area contributed by atoms with Crippen LogP contribution in [0.25, 0.3) is 0 Å². The highest BCUT2D eigenvalue weighted by Gasteiger charge is 2.34. The Hall–Kier alpha value is -1.92. The van der Waals surface area contributed by atoms with Crippen LogP contribution in [0.3, 0.4) is 0 Å². The summed E-state index contributed by atoms with van der Waals surface area (Å²) in [5.41, 5.74) is 2.11.